The maximum Gasteiger partial charge on any atom is 0.171 e. The van der Waals surface area contributed by atoms with E-state index < -0.39 is 5.60 Å². The molecule has 2 nitrogen and oxygen atoms in total. The van der Waals surface area contributed by atoms with Crippen molar-refractivity contribution in [3.8, 4) is 11.1 Å². The van der Waals surface area contributed by atoms with Crippen LogP contribution in [0.5, 0.6) is 0 Å². The standard InChI is InChI=1S/C27H22O2/c1-17-13-15-18(16-14-17)26-25-23(28)11-6-12-24(25)29-27(26)21-9-4-2-7-19(21)20-8-3-5-10-22(20)27/h2-5,7-10,13-16,26H,6,11-12H2,1H3. The largest absolute Gasteiger partial charge is 0.481 e. The molecule has 0 radical (unpaired) electrons. The van der Waals surface area contributed by atoms with Gasteiger partial charge in [0.15, 0.2) is 11.4 Å². The van der Waals surface area contributed by atoms with Crippen LogP contribution < -0.4 is 0 Å². The highest BCUT2D eigenvalue weighted by Gasteiger charge is 2.59. The van der Waals surface area contributed by atoms with Crippen molar-refractivity contribution < 1.29 is 9.53 Å². The predicted octanol–water partition coefficient (Wildman–Crippen LogP) is 6.04. The van der Waals surface area contributed by atoms with E-state index in [1.807, 2.05) is 0 Å². The minimum Gasteiger partial charge on any atom is -0.481 e. The lowest BCUT2D eigenvalue weighted by atomic mass is 9.71. The fourth-order valence-corrected chi connectivity index (χ4v) is 5.53. The fourth-order valence-electron chi connectivity index (χ4n) is 5.53. The second-order valence-corrected chi connectivity index (χ2v) is 8.39. The van der Waals surface area contributed by atoms with Crippen LogP contribution in [0, 0.1) is 6.92 Å². The number of ether oxygens (including phenoxy) is 1. The minimum atomic E-state index is -0.660. The molecular formula is C27H22O2. The quantitative estimate of drug-likeness (QED) is 0.516. The van der Waals surface area contributed by atoms with Crippen LogP contribution in [0.4, 0.5) is 0 Å². The number of allylic oxidation sites excluding steroid dienone is 1. The van der Waals surface area contributed by atoms with Crippen LogP contribution in [-0.4, -0.2) is 5.78 Å². The number of hydrogen-bond acceptors (Lipinski definition) is 2. The molecule has 6 rings (SSSR count). The summed E-state index contributed by atoms with van der Waals surface area (Å²) in [5.74, 6) is 1.03. The van der Waals surface area contributed by atoms with Gasteiger partial charge in [-0.25, -0.2) is 0 Å². The van der Waals surface area contributed by atoms with Gasteiger partial charge in [0.05, 0.1) is 5.92 Å². The van der Waals surface area contributed by atoms with Crippen LogP contribution in [0.25, 0.3) is 11.1 Å². The molecule has 142 valence electrons. The van der Waals surface area contributed by atoms with Crippen molar-refractivity contribution in [2.45, 2.75) is 37.7 Å². The van der Waals surface area contributed by atoms with E-state index in [-0.39, 0.29) is 11.7 Å². The van der Waals surface area contributed by atoms with Crippen LogP contribution in [0.1, 0.15) is 47.4 Å². The molecule has 1 heterocycles. The molecule has 29 heavy (non-hydrogen) atoms. The zero-order chi connectivity index (χ0) is 19.6. The van der Waals surface area contributed by atoms with Crippen molar-refractivity contribution in [3.05, 3.63) is 106 Å². The lowest BCUT2D eigenvalue weighted by Crippen LogP contribution is -2.33. The molecule has 2 heteroatoms. The molecule has 0 fully saturated rings. The summed E-state index contributed by atoms with van der Waals surface area (Å²) in [6.07, 6.45) is 2.33. The van der Waals surface area contributed by atoms with E-state index in [2.05, 4.69) is 79.7 Å². The fraction of sp³-hybridized carbons (Fsp3) is 0.222. The number of rotatable bonds is 1. The van der Waals surface area contributed by atoms with Gasteiger partial charge in [0, 0.05) is 29.5 Å². The molecule has 0 amide bonds. The summed E-state index contributed by atoms with van der Waals surface area (Å²) in [6.45, 7) is 2.10. The molecule has 0 N–H and O–H groups in total. The highest BCUT2D eigenvalue weighted by molar-refractivity contribution is 6.00. The van der Waals surface area contributed by atoms with Gasteiger partial charge in [-0.3, -0.25) is 4.79 Å². The molecule has 1 unspecified atom stereocenters. The SMILES string of the molecule is Cc1ccc(C2C3=C(CCCC3=O)OC23c2ccccc2-c2ccccc23)cc1. The summed E-state index contributed by atoms with van der Waals surface area (Å²) in [5.41, 5.74) is 7.39. The Morgan fingerprint density at radius 3 is 2.10 bits per heavy atom. The highest BCUT2D eigenvalue weighted by atomic mass is 16.5. The van der Waals surface area contributed by atoms with Gasteiger partial charge in [0.2, 0.25) is 0 Å². The second kappa shape index (κ2) is 5.93. The van der Waals surface area contributed by atoms with Crippen molar-refractivity contribution in [2.24, 2.45) is 0 Å². The number of ketones is 1. The van der Waals surface area contributed by atoms with Crippen LogP contribution in [0.3, 0.4) is 0 Å². The van der Waals surface area contributed by atoms with Gasteiger partial charge in [-0.15, -0.1) is 0 Å². The molecular weight excluding hydrogens is 356 g/mol. The third-order valence-electron chi connectivity index (χ3n) is 6.74. The monoisotopic (exact) mass is 378 g/mol. The molecule has 2 aliphatic carbocycles. The first-order valence-electron chi connectivity index (χ1n) is 10.4. The Labute approximate surface area is 170 Å². The van der Waals surface area contributed by atoms with Gasteiger partial charge < -0.3 is 4.74 Å². The summed E-state index contributed by atoms with van der Waals surface area (Å²) in [5, 5.41) is 0. The number of aryl methyl sites for hydroxylation is 1. The number of fused-ring (bicyclic) bond motifs is 5. The van der Waals surface area contributed by atoms with Gasteiger partial charge in [-0.1, -0.05) is 78.4 Å². The van der Waals surface area contributed by atoms with Crippen LogP contribution >= 0.6 is 0 Å². The van der Waals surface area contributed by atoms with E-state index in [1.165, 1.54) is 27.8 Å². The second-order valence-electron chi connectivity index (χ2n) is 8.39. The molecule has 3 aromatic carbocycles. The molecule has 1 spiro atoms. The third kappa shape index (κ3) is 2.15. The normalized spacial score (nSPS) is 21.0. The van der Waals surface area contributed by atoms with Crippen molar-refractivity contribution >= 4 is 5.78 Å². The van der Waals surface area contributed by atoms with E-state index in [4.69, 9.17) is 4.74 Å². The van der Waals surface area contributed by atoms with Crippen molar-refractivity contribution in [1.82, 2.24) is 0 Å². The first kappa shape index (κ1) is 16.8. The van der Waals surface area contributed by atoms with E-state index in [1.54, 1.807) is 0 Å². The Bertz CT molecular complexity index is 1140. The van der Waals surface area contributed by atoms with Gasteiger partial charge >= 0.3 is 0 Å². The van der Waals surface area contributed by atoms with Gasteiger partial charge in [0.25, 0.3) is 0 Å². The Kier molecular flexibility index (Phi) is 3.44. The van der Waals surface area contributed by atoms with Crippen molar-refractivity contribution in [1.29, 1.82) is 0 Å². The number of carbonyl (C=O) groups is 1. The Hall–Kier alpha value is -3.13. The third-order valence-corrected chi connectivity index (χ3v) is 6.74. The Balaban J connectivity index is 1.69. The van der Waals surface area contributed by atoms with Crippen molar-refractivity contribution in [2.75, 3.05) is 0 Å². The number of carbonyl (C=O) groups excluding carboxylic acids is 1. The average molecular weight is 378 g/mol. The molecule has 0 bridgehead atoms. The lowest BCUT2D eigenvalue weighted by Gasteiger charge is -2.34. The Morgan fingerprint density at radius 2 is 1.45 bits per heavy atom. The average Bonchev–Trinajstić information content (AvgIpc) is 3.24. The van der Waals surface area contributed by atoms with Crippen molar-refractivity contribution in [3.63, 3.8) is 0 Å². The van der Waals surface area contributed by atoms with E-state index in [0.29, 0.717) is 6.42 Å². The molecule has 1 aliphatic heterocycles. The van der Waals surface area contributed by atoms with Crippen LogP contribution in [0.15, 0.2) is 84.1 Å². The summed E-state index contributed by atoms with van der Waals surface area (Å²) >= 11 is 0. The zero-order valence-electron chi connectivity index (χ0n) is 16.4. The smallest absolute Gasteiger partial charge is 0.171 e. The maximum absolute atomic E-state index is 13.2. The first-order valence-corrected chi connectivity index (χ1v) is 10.4. The first-order chi connectivity index (χ1) is 14.2. The summed E-state index contributed by atoms with van der Waals surface area (Å²) in [7, 11) is 0. The van der Waals surface area contributed by atoms with Gasteiger partial charge in [0.1, 0.15) is 5.76 Å². The van der Waals surface area contributed by atoms with E-state index in [0.717, 1.165) is 29.7 Å². The zero-order valence-corrected chi connectivity index (χ0v) is 16.4. The van der Waals surface area contributed by atoms with Crippen LogP contribution in [-0.2, 0) is 15.1 Å². The number of hydrogen-bond donors (Lipinski definition) is 0. The Morgan fingerprint density at radius 1 is 0.828 bits per heavy atom. The summed E-state index contributed by atoms with van der Waals surface area (Å²) in [6, 6.07) is 25.7. The topological polar surface area (TPSA) is 26.3 Å². The number of Topliss-reactive ketones (excluding diaryl/α,β-unsaturated/α-hetero) is 1. The maximum atomic E-state index is 13.2. The predicted molar refractivity (Wildman–Crippen MR) is 114 cm³/mol. The van der Waals surface area contributed by atoms with E-state index in [9.17, 15) is 4.79 Å². The molecule has 0 saturated heterocycles. The number of benzene rings is 3. The van der Waals surface area contributed by atoms with E-state index >= 15 is 0 Å². The highest BCUT2D eigenvalue weighted by Crippen LogP contribution is 2.63. The van der Waals surface area contributed by atoms with Gasteiger partial charge in [-0.2, -0.15) is 0 Å². The minimum absolute atomic E-state index is 0.115. The lowest BCUT2D eigenvalue weighted by molar-refractivity contribution is -0.116. The molecule has 0 aromatic heterocycles. The molecule has 1 atom stereocenters. The molecule has 3 aromatic rings. The van der Waals surface area contributed by atoms with Crippen LogP contribution in [0.2, 0.25) is 0 Å². The summed E-state index contributed by atoms with van der Waals surface area (Å²) in [4.78, 5) is 13.2. The summed E-state index contributed by atoms with van der Waals surface area (Å²) < 4.78 is 6.89. The van der Waals surface area contributed by atoms with Gasteiger partial charge in [-0.05, 0) is 30.0 Å². The molecule has 0 saturated carbocycles. The molecule has 3 aliphatic rings.